The molecular formula is C13H8BrN3O3S. The third-order valence-corrected chi connectivity index (χ3v) is 4.50. The molecule has 2 heterocycles. The Kier molecular flexibility index (Phi) is 3.56. The van der Waals surface area contributed by atoms with Crippen molar-refractivity contribution >= 4 is 43.2 Å². The van der Waals surface area contributed by atoms with Crippen molar-refractivity contribution in [3.05, 3.63) is 66.5 Å². The summed E-state index contributed by atoms with van der Waals surface area (Å²) in [5, 5.41) is 13.3. The van der Waals surface area contributed by atoms with Crippen molar-refractivity contribution in [2.75, 3.05) is 0 Å². The fraction of sp³-hybridized carbons (Fsp3) is 0.0769. The van der Waals surface area contributed by atoms with Crippen LogP contribution in [0.3, 0.4) is 0 Å². The number of thiophene rings is 1. The molecule has 0 aliphatic heterocycles. The molecule has 0 saturated heterocycles. The zero-order chi connectivity index (χ0) is 15.0. The van der Waals surface area contributed by atoms with E-state index in [-0.39, 0.29) is 17.8 Å². The van der Waals surface area contributed by atoms with Gasteiger partial charge in [-0.2, -0.15) is 0 Å². The van der Waals surface area contributed by atoms with E-state index in [1.165, 1.54) is 28.3 Å². The van der Waals surface area contributed by atoms with Crippen LogP contribution >= 0.6 is 27.3 Å². The van der Waals surface area contributed by atoms with Crippen molar-refractivity contribution in [1.29, 1.82) is 0 Å². The molecule has 0 radical (unpaired) electrons. The van der Waals surface area contributed by atoms with Gasteiger partial charge in [-0.05, 0) is 39.0 Å². The van der Waals surface area contributed by atoms with Gasteiger partial charge in [0.2, 0.25) is 0 Å². The predicted molar refractivity (Wildman–Crippen MR) is 83.8 cm³/mol. The van der Waals surface area contributed by atoms with Crippen molar-refractivity contribution in [3.63, 3.8) is 0 Å². The van der Waals surface area contributed by atoms with E-state index in [0.29, 0.717) is 20.3 Å². The monoisotopic (exact) mass is 365 g/mol. The van der Waals surface area contributed by atoms with Gasteiger partial charge in [-0.3, -0.25) is 19.5 Å². The van der Waals surface area contributed by atoms with Crippen molar-refractivity contribution in [3.8, 4) is 0 Å². The number of halogens is 1. The Morgan fingerprint density at radius 3 is 2.95 bits per heavy atom. The van der Waals surface area contributed by atoms with Gasteiger partial charge in [0, 0.05) is 6.07 Å². The molecule has 0 bridgehead atoms. The largest absolute Gasteiger partial charge is 0.294 e. The standard InChI is InChI=1S/C13H8BrN3O3S/c14-10-2-1-8(5-11(10)17(19)20)6-16-7-15-12-9(13(16)18)3-4-21-12/h1-5,7H,6H2. The normalized spacial score (nSPS) is 10.9. The van der Waals surface area contributed by atoms with Crippen LogP contribution in [0.5, 0.6) is 0 Å². The van der Waals surface area contributed by atoms with Crippen LogP contribution in [0.15, 0.2) is 45.2 Å². The Labute approximate surface area is 131 Å². The molecule has 0 amide bonds. The van der Waals surface area contributed by atoms with E-state index < -0.39 is 4.92 Å². The predicted octanol–water partition coefficient (Wildman–Crippen LogP) is 3.18. The van der Waals surface area contributed by atoms with E-state index in [4.69, 9.17) is 0 Å². The lowest BCUT2D eigenvalue weighted by atomic mass is 10.2. The molecule has 0 atom stereocenters. The average molecular weight is 366 g/mol. The Bertz CT molecular complexity index is 903. The summed E-state index contributed by atoms with van der Waals surface area (Å²) in [6.45, 7) is 0.242. The number of nitrogens with zero attached hydrogens (tertiary/aromatic N) is 3. The minimum absolute atomic E-state index is 0.0230. The first-order valence-electron chi connectivity index (χ1n) is 5.92. The highest BCUT2D eigenvalue weighted by Crippen LogP contribution is 2.25. The number of hydrogen-bond donors (Lipinski definition) is 0. The average Bonchev–Trinajstić information content (AvgIpc) is 2.93. The van der Waals surface area contributed by atoms with Gasteiger partial charge >= 0.3 is 0 Å². The van der Waals surface area contributed by atoms with Crippen molar-refractivity contribution in [2.24, 2.45) is 0 Å². The second-order valence-corrected chi connectivity index (χ2v) is 6.11. The van der Waals surface area contributed by atoms with E-state index in [9.17, 15) is 14.9 Å². The second kappa shape index (κ2) is 5.38. The van der Waals surface area contributed by atoms with Crippen LogP contribution in [-0.2, 0) is 6.54 Å². The van der Waals surface area contributed by atoms with Gasteiger partial charge in [-0.15, -0.1) is 11.3 Å². The zero-order valence-electron chi connectivity index (χ0n) is 10.5. The summed E-state index contributed by atoms with van der Waals surface area (Å²) in [6.07, 6.45) is 1.47. The third-order valence-electron chi connectivity index (χ3n) is 3.01. The summed E-state index contributed by atoms with van der Waals surface area (Å²) < 4.78 is 1.86. The number of nitro groups is 1. The van der Waals surface area contributed by atoms with Crippen molar-refractivity contribution in [2.45, 2.75) is 6.54 Å². The topological polar surface area (TPSA) is 78.0 Å². The summed E-state index contributed by atoms with van der Waals surface area (Å²) in [7, 11) is 0. The van der Waals surface area contributed by atoms with Crippen LogP contribution in [-0.4, -0.2) is 14.5 Å². The molecule has 21 heavy (non-hydrogen) atoms. The van der Waals surface area contributed by atoms with Gasteiger partial charge in [-0.1, -0.05) is 6.07 Å². The van der Waals surface area contributed by atoms with Gasteiger partial charge in [0.15, 0.2) is 0 Å². The SMILES string of the molecule is O=c1c2ccsc2ncn1Cc1ccc(Br)c([N+](=O)[O-])c1. The molecule has 0 unspecified atom stereocenters. The highest BCUT2D eigenvalue weighted by Gasteiger charge is 2.13. The Hall–Kier alpha value is -2.06. The molecule has 106 valence electrons. The number of fused-ring (bicyclic) bond motifs is 1. The molecular weight excluding hydrogens is 358 g/mol. The summed E-state index contributed by atoms with van der Waals surface area (Å²) in [5.74, 6) is 0. The smallest absolute Gasteiger partial charge is 0.283 e. The van der Waals surface area contributed by atoms with Gasteiger partial charge in [0.1, 0.15) is 4.83 Å². The maximum absolute atomic E-state index is 12.3. The molecule has 3 rings (SSSR count). The van der Waals surface area contributed by atoms with E-state index in [0.717, 1.165) is 0 Å². The van der Waals surface area contributed by atoms with Crippen molar-refractivity contribution in [1.82, 2.24) is 9.55 Å². The first-order chi connectivity index (χ1) is 10.1. The maximum atomic E-state index is 12.3. The van der Waals surface area contributed by atoms with Crippen molar-refractivity contribution < 1.29 is 4.92 Å². The van der Waals surface area contributed by atoms with Crippen LogP contribution in [0.2, 0.25) is 0 Å². The molecule has 0 spiro atoms. The van der Waals surface area contributed by atoms with Crippen LogP contribution in [0.1, 0.15) is 5.56 Å². The summed E-state index contributed by atoms with van der Waals surface area (Å²) >= 11 is 4.54. The van der Waals surface area contributed by atoms with E-state index in [2.05, 4.69) is 20.9 Å². The molecule has 2 aromatic heterocycles. The summed E-state index contributed by atoms with van der Waals surface area (Å²) in [6, 6.07) is 6.53. The van der Waals surface area contributed by atoms with Crippen LogP contribution < -0.4 is 5.56 Å². The molecule has 8 heteroatoms. The molecule has 1 aromatic carbocycles. The maximum Gasteiger partial charge on any atom is 0.283 e. The lowest BCUT2D eigenvalue weighted by Crippen LogP contribution is -2.20. The lowest BCUT2D eigenvalue weighted by molar-refractivity contribution is -0.385. The van der Waals surface area contributed by atoms with E-state index >= 15 is 0 Å². The van der Waals surface area contributed by atoms with E-state index in [1.54, 1.807) is 18.2 Å². The van der Waals surface area contributed by atoms with E-state index in [1.807, 2.05) is 5.38 Å². The zero-order valence-corrected chi connectivity index (χ0v) is 12.9. The number of nitro benzene ring substituents is 1. The van der Waals surface area contributed by atoms with Gasteiger partial charge in [0.25, 0.3) is 11.2 Å². The fourth-order valence-corrected chi connectivity index (χ4v) is 3.11. The first kappa shape index (κ1) is 13.9. The van der Waals surface area contributed by atoms with Crippen LogP contribution in [0.25, 0.3) is 10.2 Å². The quantitative estimate of drug-likeness (QED) is 0.527. The Morgan fingerprint density at radius 2 is 2.19 bits per heavy atom. The van der Waals surface area contributed by atoms with Gasteiger partial charge < -0.3 is 0 Å². The molecule has 3 aromatic rings. The number of aromatic nitrogens is 2. The number of hydrogen-bond acceptors (Lipinski definition) is 5. The summed E-state index contributed by atoms with van der Waals surface area (Å²) in [5.41, 5.74) is 0.500. The molecule has 6 nitrogen and oxygen atoms in total. The van der Waals surface area contributed by atoms with Gasteiger partial charge in [-0.25, -0.2) is 4.98 Å². The minimum atomic E-state index is -0.462. The Balaban J connectivity index is 2.02. The highest BCUT2D eigenvalue weighted by atomic mass is 79.9. The second-order valence-electron chi connectivity index (χ2n) is 4.36. The number of benzene rings is 1. The third kappa shape index (κ3) is 2.59. The highest BCUT2D eigenvalue weighted by molar-refractivity contribution is 9.10. The summed E-state index contributed by atoms with van der Waals surface area (Å²) in [4.78, 5) is 27.6. The molecule has 0 aliphatic rings. The molecule has 0 fully saturated rings. The van der Waals surface area contributed by atoms with Crippen LogP contribution in [0, 0.1) is 10.1 Å². The molecule has 0 saturated carbocycles. The number of rotatable bonds is 3. The van der Waals surface area contributed by atoms with Crippen LogP contribution in [0.4, 0.5) is 5.69 Å². The molecule has 0 N–H and O–H groups in total. The first-order valence-corrected chi connectivity index (χ1v) is 7.59. The molecule has 0 aliphatic carbocycles. The fourth-order valence-electron chi connectivity index (χ4n) is 2.00. The van der Waals surface area contributed by atoms with Gasteiger partial charge in [0.05, 0.1) is 27.7 Å². The lowest BCUT2D eigenvalue weighted by Gasteiger charge is -2.06. The Morgan fingerprint density at radius 1 is 1.38 bits per heavy atom. The minimum Gasteiger partial charge on any atom is -0.294 e.